The molecule has 1 atom stereocenters. The number of nitrogens with zero attached hydrogens (tertiary/aromatic N) is 3. The van der Waals surface area contributed by atoms with Gasteiger partial charge in [-0.2, -0.15) is 0 Å². The predicted octanol–water partition coefficient (Wildman–Crippen LogP) is 5.66. The Morgan fingerprint density at radius 3 is 2.38 bits per heavy atom. The van der Waals surface area contributed by atoms with Gasteiger partial charge in [0.1, 0.15) is 11.3 Å². The van der Waals surface area contributed by atoms with Crippen molar-refractivity contribution in [1.82, 2.24) is 19.7 Å². The SMILES string of the molecule is CCCCC1N(CC2CCCCC2)C(=O)OC12CCN(C1CCN(C(=O)c3[nH]c(C)cc3C)CC1)CC2. The second-order valence-corrected chi connectivity index (χ2v) is 12.3. The number of carbonyl (C=O) groups excluding carboxylic acids is 2. The van der Waals surface area contributed by atoms with Gasteiger partial charge in [-0.05, 0) is 63.5 Å². The fraction of sp³-hybridized carbons (Fsp3) is 0.800. The summed E-state index contributed by atoms with van der Waals surface area (Å²) in [6.45, 7) is 10.7. The second kappa shape index (κ2) is 11.4. The molecule has 3 saturated heterocycles. The van der Waals surface area contributed by atoms with Crippen LogP contribution in [-0.2, 0) is 4.74 Å². The minimum absolute atomic E-state index is 0.0539. The molecule has 1 aliphatic carbocycles. The van der Waals surface area contributed by atoms with E-state index in [-0.39, 0.29) is 23.6 Å². The number of hydrogen-bond acceptors (Lipinski definition) is 4. The number of rotatable bonds is 7. The molecule has 1 aromatic rings. The first-order valence-electron chi connectivity index (χ1n) is 15.1. The topological polar surface area (TPSA) is 68.9 Å². The lowest BCUT2D eigenvalue weighted by Gasteiger charge is -2.46. The average Bonchev–Trinajstić information content (AvgIpc) is 3.38. The van der Waals surface area contributed by atoms with Gasteiger partial charge in [-0.15, -0.1) is 0 Å². The van der Waals surface area contributed by atoms with Gasteiger partial charge in [0.2, 0.25) is 0 Å². The molecule has 1 aromatic heterocycles. The zero-order valence-corrected chi connectivity index (χ0v) is 23.4. The van der Waals surface area contributed by atoms with E-state index in [9.17, 15) is 9.59 Å². The van der Waals surface area contributed by atoms with Gasteiger partial charge in [0.15, 0.2) is 0 Å². The molecule has 5 rings (SSSR count). The molecule has 0 radical (unpaired) electrons. The molecule has 2 amide bonds. The summed E-state index contributed by atoms with van der Waals surface area (Å²) in [5.41, 5.74) is 2.51. The number of ether oxygens (including phenoxy) is 1. The van der Waals surface area contributed by atoms with Gasteiger partial charge in [0.25, 0.3) is 5.91 Å². The van der Waals surface area contributed by atoms with E-state index in [0.29, 0.717) is 12.0 Å². The molecule has 3 aliphatic heterocycles. The molecule has 7 nitrogen and oxygen atoms in total. The van der Waals surface area contributed by atoms with Crippen LogP contribution in [0.3, 0.4) is 0 Å². The number of nitrogens with one attached hydrogen (secondary N) is 1. The molecule has 7 heteroatoms. The van der Waals surface area contributed by atoms with Gasteiger partial charge in [0.05, 0.1) is 6.04 Å². The van der Waals surface area contributed by atoms with Crippen LogP contribution in [-0.4, -0.2) is 82.1 Å². The van der Waals surface area contributed by atoms with Crippen LogP contribution in [0.4, 0.5) is 4.79 Å². The van der Waals surface area contributed by atoms with Crippen LogP contribution >= 0.6 is 0 Å². The van der Waals surface area contributed by atoms with Crippen LogP contribution < -0.4 is 0 Å². The number of aromatic amines is 1. The molecule has 4 aliphatic rings. The summed E-state index contributed by atoms with van der Waals surface area (Å²) in [5.74, 6) is 0.781. The number of hydrogen-bond donors (Lipinski definition) is 1. The Hall–Kier alpha value is -2.02. The Balaban J connectivity index is 1.17. The van der Waals surface area contributed by atoms with E-state index in [4.69, 9.17) is 4.74 Å². The predicted molar refractivity (Wildman–Crippen MR) is 146 cm³/mol. The Morgan fingerprint density at radius 2 is 1.76 bits per heavy atom. The number of carbonyl (C=O) groups is 2. The van der Waals surface area contributed by atoms with Crippen LogP contribution in [0, 0.1) is 19.8 Å². The summed E-state index contributed by atoms with van der Waals surface area (Å²) in [5, 5.41) is 0. The van der Waals surface area contributed by atoms with E-state index < -0.39 is 0 Å². The average molecular weight is 513 g/mol. The highest BCUT2D eigenvalue weighted by Gasteiger charge is 2.55. The lowest BCUT2D eigenvalue weighted by atomic mass is 9.80. The first-order chi connectivity index (χ1) is 17.9. The number of likely N-dealkylation sites (tertiary alicyclic amines) is 2. The highest BCUT2D eigenvalue weighted by Crippen LogP contribution is 2.43. The van der Waals surface area contributed by atoms with E-state index in [1.807, 2.05) is 24.8 Å². The number of unbranched alkanes of at least 4 members (excludes halogenated alkanes) is 1. The maximum atomic E-state index is 13.2. The molecule has 206 valence electrons. The van der Waals surface area contributed by atoms with E-state index in [2.05, 4.69) is 21.7 Å². The first kappa shape index (κ1) is 26.6. The molecule has 1 spiro atoms. The Morgan fingerprint density at radius 1 is 1.05 bits per heavy atom. The van der Waals surface area contributed by atoms with Crippen molar-refractivity contribution in [3.63, 3.8) is 0 Å². The smallest absolute Gasteiger partial charge is 0.410 e. The van der Waals surface area contributed by atoms with Crippen molar-refractivity contribution in [3.8, 4) is 0 Å². The normalized spacial score (nSPS) is 25.7. The van der Waals surface area contributed by atoms with Gasteiger partial charge < -0.3 is 19.5 Å². The van der Waals surface area contributed by atoms with Crippen molar-refractivity contribution in [1.29, 1.82) is 0 Å². The summed E-state index contributed by atoms with van der Waals surface area (Å²) < 4.78 is 6.30. The summed E-state index contributed by atoms with van der Waals surface area (Å²) >= 11 is 0. The third kappa shape index (κ3) is 5.57. The Bertz CT molecular complexity index is 937. The third-order valence-corrected chi connectivity index (χ3v) is 9.80. The van der Waals surface area contributed by atoms with E-state index in [1.54, 1.807) is 0 Å². The molecule has 0 aromatic carbocycles. The minimum atomic E-state index is -0.308. The zero-order valence-electron chi connectivity index (χ0n) is 23.4. The van der Waals surface area contributed by atoms with Crippen LogP contribution in [0.2, 0.25) is 0 Å². The highest BCUT2D eigenvalue weighted by molar-refractivity contribution is 5.94. The maximum Gasteiger partial charge on any atom is 0.410 e. The van der Waals surface area contributed by atoms with Crippen LogP contribution in [0.25, 0.3) is 0 Å². The first-order valence-corrected chi connectivity index (χ1v) is 15.1. The number of aryl methyl sites for hydroxylation is 2. The van der Waals surface area contributed by atoms with Crippen molar-refractivity contribution < 1.29 is 14.3 Å². The summed E-state index contributed by atoms with van der Waals surface area (Å²) in [4.78, 5) is 36.2. The number of piperidine rings is 2. The molecule has 1 unspecified atom stereocenters. The molecule has 1 N–H and O–H groups in total. The standard InChI is InChI=1S/C30H48N4O3/c1-4-5-11-26-30(37-29(36)34(26)21-24-9-7-6-8-10-24)14-18-32(19-15-30)25-12-16-33(17-13-25)28(35)27-22(2)20-23(3)31-27/h20,24-26,31H,4-19,21H2,1-3H3. The van der Waals surface area contributed by atoms with E-state index in [1.165, 1.54) is 32.1 Å². The molecule has 1 saturated carbocycles. The number of aromatic nitrogens is 1. The largest absolute Gasteiger partial charge is 0.440 e. The molecule has 4 heterocycles. The van der Waals surface area contributed by atoms with Crippen molar-refractivity contribution in [2.45, 2.75) is 116 Å². The van der Waals surface area contributed by atoms with Crippen LogP contribution in [0.1, 0.15) is 106 Å². The molecule has 0 bridgehead atoms. The third-order valence-electron chi connectivity index (χ3n) is 9.80. The Kier molecular flexibility index (Phi) is 8.18. The lowest BCUT2D eigenvalue weighted by molar-refractivity contribution is -0.0386. The molecule has 37 heavy (non-hydrogen) atoms. The van der Waals surface area contributed by atoms with Crippen LogP contribution in [0.5, 0.6) is 0 Å². The van der Waals surface area contributed by atoms with Gasteiger partial charge in [-0.3, -0.25) is 9.69 Å². The fourth-order valence-electron chi connectivity index (χ4n) is 7.62. The van der Waals surface area contributed by atoms with Gasteiger partial charge in [-0.1, -0.05) is 39.0 Å². The van der Waals surface area contributed by atoms with E-state index >= 15 is 0 Å². The molecular formula is C30H48N4O3. The summed E-state index contributed by atoms with van der Waals surface area (Å²) in [7, 11) is 0. The summed E-state index contributed by atoms with van der Waals surface area (Å²) in [6, 6.07) is 2.79. The monoisotopic (exact) mass is 512 g/mol. The second-order valence-electron chi connectivity index (χ2n) is 12.3. The molecular weight excluding hydrogens is 464 g/mol. The molecule has 4 fully saturated rings. The quantitative estimate of drug-likeness (QED) is 0.512. The van der Waals surface area contributed by atoms with Gasteiger partial charge in [0, 0.05) is 57.3 Å². The lowest BCUT2D eigenvalue weighted by Crippen LogP contribution is -2.56. The number of H-pyrrole nitrogens is 1. The zero-order chi connectivity index (χ0) is 26.0. The van der Waals surface area contributed by atoms with E-state index in [0.717, 1.165) is 94.6 Å². The van der Waals surface area contributed by atoms with Gasteiger partial charge >= 0.3 is 6.09 Å². The van der Waals surface area contributed by atoms with Crippen molar-refractivity contribution in [3.05, 3.63) is 23.0 Å². The highest BCUT2D eigenvalue weighted by atomic mass is 16.6. The number of amides is 2. The van der Waals surface area contributed by atoms with Crippen molar-refractivity contribution in [2.75, 3.05) is 32.7 Å². The minimum Gasteiger partial charge on any atom is -0.440 e. The van der Waals surface area contributed by atoms with Crippen LogP contribution in [0.15, 0.2) is 6.07 Å². The fourth-order valence-corrected chi connectivity index (χ4v) is 7.62. The maximum absolute atomic E-state index is 13.2. The Labute approximate surface area is 223 Å². The van der Waals surface area contributed by atoms with Crippen molar-refractivity contribution in [2.24, 2.45) is 5.92 Å². The summed E-state index contributed by atoms with van der Waals surface area (Å²) in [6.07, 6.45) is 13.7. The van der Waals surface area contributed by atoms with Crippen molar-refractivity contribution >= 4 is 12.0 Å². The van der Waals surface area contributed by atoms with Gasteiger partial charge in [-0.25, -0.2) is 4.79 Å².